The first-order valence-corrected chi connectivity index (χ1v) is 6.30. The van der Waals surface area contributed by atoms with Crippen molar-refractivity contribution in [2.45, 2.75) is 6.92 Å². The first-order valence-electron chi connectivity index (χ1n) is 5.86. The second kappa shape index (κ2) is 9.26. The fraction of sp³-hybridized carbons (Fsp3) is 0.0588. The van der Waals surface area contributed by atoms with E-state index in [2.05, 4.69) is 18.2 Å². The van der Waals surface area contributed by atoms with Crippen LogP contribution in [0.25, 0.3) is 12.2 Å². The molecule has 0 atom stereocenters. The summed E-state index contributed by atoms with van der Waals surface area (Å²) in [7, 11) is 0. The lowest BCUT2D eigenvalue weighted by Crippen LogP contribution is -1.65. The molecule has 0 fully saturated rings. The molecule has 0 aliphatic heterocycles. The molecular formula is C17H17Cl. The average Bonchev–Trinajstić information content (AvgIpc) is 2.43. The maximum atomic E-state index is 5.36. The summed E-state index contributed by atoms with van der Waals surface area (Å²) in [5.74, 6) is 0. The summed E-state index contributed by atoms with van der Waals surface area (Å²) in [6, 6.07) is 20.2. The van der Waals surface area contributed by atoms with Crippen molar-refractivity contribution in [2.75, 3.05) is 0 Å². The molecule has 0 aliphatic rings. The van der Waals surface area contributed by atoms with E-state index in [0.717, 1.165) is 5.56 Å². The highest BCUT2D eigenvalue weighted by Crippen LogP contribution is 2.01. The zero-order valence-electron chi connectivity index (χ0n) is 10.5. The van der Waals surface area contributed by atoms with E-state index in [-0.39, 0.29) is 0 Å². The second-order valence-corrected chi connectivity index (χ2v) is 3.87. The van der Waals surface area contributed by atoms with Crippen molar-refractivity contribution in [3.05, 3.63) is 83.4 Å². The van der Waals surface area contributed by atoms with Gasteiger partial charge in [0.1, 0.15) is 0 Å². The van der Waals surface area contributed by atoms with Gasteiger partial charge in [0, 0.05) is 5.54 Å². The Labute approximate surface area is 114 Å². The molecule has 18 heavy (non-hydrogen) atoms. The Morgan fingerprint density at radius 2 is 1.17 bits per heavy atom. The van der Waals surface area contributed by atoms with Crippen LogP contribution in [0, 0.1) is 0 Å². The summed E-state index contributed by atoms with van der Waals surface area (Å²) < 4.78 is 0. The van der Waals surface area contributed by atoms with Crippen LogP contribution in [-0.4, -0.2) is 0 Å². The Kier molecular flexibility index (Phi) is 7.34. The third-order valence-corrected chi connectivity index (χ3v) is 2.34. The lowest BCUT2D eigenvalue weighted by molar-refractivity contribution is 1.64. The average molecular weight is 257 g/mol. The first-order chi connectivity index (χ1) is 8.86. The zero-order chi connectivity index (χ0) is 13.1. The smallest absolute Gasteiger partial charge is 0.00484 e. The number of hydrogen-bond donors (Lipinski definition) is 0. The Morgan fingerprint density at radius 3 is 1.56 bits per heavy atom. The predicted molar refractivity (Wildman–Crippen MR) is 82.5 cm³/mol. The molecule has 92 valence electrons. The monoisotopic (exact) mass is 256 g/mol. The number of halogens is 1. The van der Waals surface area contributed by atoms with Crippen LogP contribution in [-0.2, 0) is 0 Å². The molecule has 0 aliphatic carbocycles. The van der Waals surface area contributed by atoms with E-state index in [1.54, 1.807) is 0 Å². The van der Waals surface area contributed by atoms with Gasteiger partial charge in [0.15, 0.2) is 0 Å². The molecule has 0 bridgehead atoms. The highest BCUT2D eigenvalue weighted by atomic mass is 35.5. The van der Waals surface area contributed by atoms with Gasteiger partial charge in [0.05, 0.1) is 0 Å². The third kappa shape index (κ3) is 6.07. The lowest BCUT2D eigenvalue weighted by atomic mass is 10.2. The highest BCUT2D eigenvalue weighted by molar-refractivity contribution is 6.27. The van der Waals surface area contributed by atoms with Gasteiger partial charge in [0.25, 0.3) is 0 Å². The van der Waals surface area contributed by atoms with Crippen molar-refractivity contribution >= 4 is 23.8 Å². The van der Waals surface area contributed by atoms with E-state index < -0.39 is 0 Å². The first kappa shape index (κ1) is 14.3. The molecule has 0 aromatic heterocycles. The lowest BCUT2D eigenvalue weighted by Gasteiger charge is -1.86. The fourth-order valence-electron chi connectivity index (χ4n) is 1.39. The molecule has 0 unspecified atom stereocenters. The van der Waals surface area contributed by atoms with Crippen molar-refractivity contribution in [3.63, 3.8) is 0 Å². The molecule has 0 saturated carbocycles. The van der Waals surface area contributed by atoms with Gasteiger partial charge in [-0.15, -0.1) is 0 Å². The SMILES string of the molecule is CC=Cc1ccccc1.ClC=Cc1ccccc1. The molecule has 0 amide bonds. The van der Waals surface area contributed by atoms with Crippen LogP contribution >= 0.6 is 11.6 Å². The molecule has 1 heteroatoms. The van der Waals surface area contributed by atoms with E-state index in [1.807, 2.05) is 67.6 Å². The second-order valence-electron chi connectivity index (χ2n) is 3.61. The minimum Gasteiger partial charge on any atom is -0.0929 e. The quantitative estimate of drug-likeness (QED) is 0.655. The summed E-state index contributed by atoms with van der Waals surface area (Å²) in [4.78, 5) is 0. The molecule has 0 N–H and O–H groups in total. The molecule has 0 nitrogen and oxygen atoms in total. The molecule has 0 saturated heterocycles. The summed E-state index contributed by atoms with van der Waals surface area (Å²) in [5.41, 5.74) is 3.91. The van der Waals surface area contributed by atoms with Crippen LogP contribution in [0.3, 0.4) is 0 Å². The van der Waals surface area contributed by atoms with Crippen LogP contribution in [0.4, 0.5) is 0 Å². The van der Waals surface area contributed by atoms with Crippen molar-refractivity contribution in [2.24, 2.45) is 0 Å². The van der Waals surface area contributed by atoms with Crippen molar-refractivity contribution in [1.29, 1.82) is 0 Å². The third-order valence-electron chi connectivity index (χ3n) is 2.21. The summed E-state index contributed by atoms with van der Waals surface area (Å²) >= 11 is 5.36. The Morgan fingerprint density at radius 1 is 0.722 bits per heavy atom. The van der Waals surface area contributed by atoms with Gasteiger partial charge in [-0.2, -0.15) is 0 Å². The van der Waals surface area contributed by atoms with Gasteiger partial charge in [-0.25, -0.2) is 0 Å². The molecule has 0 heterocycles. The molecule has 0 spiro atoms. The number of allylic oxidation sites excluding steroid dienone is 1. The zero-order valence-corrected chi connectivity index (χ0v) is 11.2. The fourth-order valence-corrected chi connectivity index (χ4v) is 1.54. The van der Waals surface area contributed by atoms with E-state index in [4.69, 9.17) is 11.6 Å². The largest absolute Gasteiger partial charge is 0.0929 e. The highest BCUT2D eigenvalue weighted by Gasteiger charge is 1.78. The molecule has 2 aromatic rings. The van der Waals surface area contributed by atoms with Gasteiger partial charge >= 0.3 is 0 Å². The Balaban J connectivity index is 0.000000180. The standard InChI is InChI=1S/C9H10.C8H7Cl/c1-2-6-9-7-4-3-5-8-9;9-7-6-8-4-2-1-3-5-8/h2-8H,1H3;1-7H. The predicted octanol–water partition coefficient (Wildman–Crippen LogP) is 5.62. The van der Waals surface area contributed by atoms with Crippen LogP contribution in [0.5, 0.6) is 0 Å². The molecule has 2 rings (SSSR count). The molecular weight excluding hydrogens is 240 g/mol. The number of rotatable bonds is 2. The van der Waals surface area contributed by atoms with E-state index in [9.17, 15) is 0 Å². The normalized spacial score (nSPS) is 10.3. The van der Waals surface area contributed by atoms with Crippen molar-refractivity contribution in [3.8, 4) is 0 Å². The maximum Gasteiger partial charge on any atom is 0.00484 e. The summed E-state index contributed by atoms with van der Waals surface area (Å²) in [6.45, 7) is 2.02. The van der Waals surface area contributed by atoms with E-state index >= 15 is 0 Å². The molecule has 2 aromatic carbocycles. The summed E-state index contributed by atoms with van der Waals surface area (Å²) in [5, 5.41) is 0. The number of hydrogen-bond acceptors (Lipinski definition) is 0. The van der Waals surface area contributed by atoms with Crippen molar-refractivity contribution < 1.29 is 0 Å². The minimum atomic E-state index is 1.13. The Hall–Kier alpha value is -1.79. The van der Waals surface area contributed by atoms with Gasteiger partial charge < -0.3 is 0 Å². The summed E-state index contributed by atoms with van der Waals surface area (Å²) in [6.07, 6.45) is 5.97. The van der Waals surface area contributed by atoms with Crippen LogP contribution in [0.2, 0.25) is 0 Å². The van der Waals surface area contributed by atoms with E-state index in [0.29, 0.717) is 0 Å². The molecule has 0 radical (unpaired) electrons. The maximum absolute atomic E-state index is 5.36. The van der Waals surface area contributed by atoms with Crippen LogP contribution < -0.4 is 0 Å². The number of benzene rings is 2. The minimum absolute atomic E-state index is 1.13. The van der Waals surface area contributed by atoms with Gasteiger partial charge in [-0.1, -0.05) is 84.4 Å². The van der Waals surface area contributed by atoms with Gasteiger partial charge in [-0.05, 0) is 24.1 Å². The Bertz CT molecular complexity index is 422. The van der Waals surface area contributed by atoms with Crippen LogP contribution in [0.1, 0.15) is 18.1 Å². The van der Waals surface area contributed by atoms with E-state index in [1.165, 1.54) is 11.1 Å². The van der Waals surface area contributed by atoms with Gasteiger partial charge in [-0.3, -0.25) is 0 Å². The topological polar surface area (TPSA) is 0 Å². The van der Waals surface area contributed by atoms with Crippen LogP contribution in [0.15, 0.2) is 72.3 Å². The van der Waals surface area contributed by atoms with Crippen molar-refractivity contribution in [1.82, 2.24) is 0 Å². The van der Waals surface area contributed by atoms with Gasteiger partial charge in [0.2, 0.25) is 0 Å².